The van der Waals surface area contributed by atoms with Crippen LogP contribution in [-0.2, 0) is 4.79 Å². The molecular weight excluding hydrogens is 332 g/mol. The molecule has 130 valence electrons. The number of benzene rings is 1. The molecule has 1 fully saturated rings. The molecule has 0 unspecified atom stereocenters. The Hall–Kier alpha value is -2.05. The number of nitrogens with zero attached hydrogens (tertiary/aromatic N) is 1. The maximum Gasteiger partial charge on any atom is 0.336 e. The molecule has 7 heteroatoms. The maximum atomic E-state index is 12.2. The normalized spacial score (nSPS) is 14.9. The second-order valence-electron chi connectivity index (χ2n) is 5.73. The van der Waals surface area contributed by atoms with E-state index in [0.717, 1.165) is 31.3 Å². The molecule has 1 aromatic heterocycles. The molecule has 1 N–H and O–H groups in total. The van der Waals surface area contributed by atoms with Crippen LogP contribution in [0.2, 0.25) is 0 Å². The van der Waals surface area contributed by atoms with Crippen LogP contribution in [0, 0.1) is 0 Å². The lowest BCUT2D eigenvalue weighted by atomic mass is 10.1. The number of rotatable bonds is 4. The summed E-state index contributed by atoms with van der Waals surface area (Å²) in [6.07, 6.45) is 1.92. The largest absolute Gasteiger partial charge is 0.484 e. The molecule has 2 aromatic rings. The van der Waals surface area contributed by atoms with Gasteiger partial charge in [0.1, 0.15) is 11.3 Å². The maximum absolute atomic E-state index is 12.2. The highest BCUT2D eigenvalue weighted by Gasteiger charge is 2.22. The molecule has 1 aliphatic heterocycles. The smallest absolute Gasteiger partial charge is 0.336 e. The summed E-state index contributed by atoms with van der Waals surface area (Å²) in [5, 5.41) is 4.10. The summed E-state index contributed by atoms with van der Waals surface area (Å²) in [6, 6.07) is 8.53. The van der Waals surface area contributed by atoms with Gasteiger partial charge in [0.2, 0.25) is 0 Å². The number of hydrogen-bond acceptors (Lipinski definition) is 5. The van der Waals surface area contributed by atoms with Crippen LogP contribution in [0.3, 0.4) is 0 Å². The predicted molar refractivity (Wildman–Crippen MR) is 93.9 cm³/mol. The second kappa shape index (κ2) is 8.17. The van der Waals surface area contributed by atoms with E-state index in [1.807, 2.05) is 7.05 Å². The van der Waals surface area contributed by atoms with E-state index in [4.69, 9.17) is 9.15 Å². The minimum Gasteiger partial charge on any atom is -0.484 e. The van der Waals surface area contributed by atoms with E-state index in [1.165, 1.54) is 6.07 Å². The summed E-state index contributed by atoms with van der Waals surface area (Å²) < 4.78 is 10.7. The van der Waals surface area contributed by atoms with Gasteiger partial charge in [-0.1, -0.05) is 0 Å². The van der Waals surface area contributed by atoms with Crippen LogP contribution in [0.1, 0.15) is 12.8 Å². The van der Waals surface area contributed by atoms with E-state index in [1.54, 1.807) is 29.2 Å². The van der Waals surface area contributed by atoms with Crippen LogP contribution < -0.4 is 15.7 Å². The standard InChI is InChI=1S/C17H20N2O4.ClH/c1-19(13-6-8-18-9-7-13)16(20)11-22-14-4-2-12-3-5-17(21)23-15(12)10-14;/h2-5,10,13,18H,6-9,11H2,1H3;1H. The van der Waals surface area contributed by atoms with Gasteiger partial charge < -0.3 is 19.4 Å². The Balaban J connectivity index is 0.00000208. The number of hydrogen-bond donors (Lipinski definition) is 1. The molecule has 1 amide bonds. The Labute approximate surface area is 146 Å². The van der Waals surface area contributed by atoms with Crippen molar-refractivity contribution < 1.29 is 13.9 Å². The summed E-state index contributed by atoms with van der Waals surface area (Å²) in [6.45, 7) is 1.85. The highest BCUT2D eigenvalue weighted by Crippen LogP contribution is 2.19. The van der Waals surface area contributed by atoms with Crippen molar-refractivity contribution in [3.8, 4) is 5.75 Å². The van der Waals surface area contributed by atoms with E-state index in [9.17, 15) is 9.59 Å². The molecule has 0 saturated carbocycles. The number of amides is 1. The molecule has 0 spiro atoms. The average Bonchev–Trinajstić information content (AvgIpc) is 2.59. The molecule has 3 rings (SSSR count). The van der Waals surface area contributed by atoms with Gasteiger partial charge in [-0.15, -0.1) is 12.4 Å². The van der Waals surface area contributed by atoms with Gasteiger partial charge in [-0.25, -0.2) is 4.79 Å². The summed E-state index contributed by atoms with van der Waals surface area (Å²) in [7, 11) is 1.82. The Morgan fingerprint density at radius 3 is 2.75 bits per heavy atom. The quantitative estimate of drug-likeness (QED) is 0.850. The van der Waals surface area contributed by atoms with Gasteiger partial charge in [0.15, 0.2) is 6.61 Å². The first-order valence-corrected chi connectivity index (χ1v) is 7.76. The Kier molecular flexibility index (Phi) is 6.23. The van der Waals surface area contributed by atoms with E-state index >= 15 is 0 Å². The predicted octanol–water partition coefficient (Wildman–Crippen LogP) is 1.80. The summed E-state index contributed by atoms with van der Waals surface area (Å²) in [5.74, 6) is 0.463. The van der Waals surface area contributed by atoms with Gasteiger partial charge in [0.25, 0.3) is 5.91 Å². The molecule has 0 aliphatic carbocycles. The SMILES string of the molecule is CN(C(=O)COc1ccc2ccc(=O)oc2c1)C1CCNCC1.Cl. The number of carbonyl (C=O) groups is 1. The van der Waals surface area contributed by atoms with Crippen LogP contribution in [-0.4, -0.2) is 43.6 Å². The third-order valence-corrected chi connectivity index (χ3v) is 4.21. The number of ether oxygens (including phenoxy) is 1. The van der Waals surface area contributed by atoms with E-state index in [2.05, 4.69) is 5.32 Å². The van der Waals surface area contributed by atoms with Crippen LogP contribution >= 0.6 is 12.4 Å². The lowest BCUT2D eigenvalue weighted by molar-refractivity contribution is -0.134. The Bertz CT molecular complexity index is 756. The van der Waals surface area contributed by atoms with Crippen molar-refractivity contribution >= 4 is 29.3 Å². The minimum absolute atomic E-state index is 0. The number of carbonyl (C=O) groups excluding carboxylic acids is 1. The summed E-state index contributed by atoms with van der Waals surface area (Å²) in [4.78, 5) is 25.3. The number of fused-ring (bicyclic) bond motifs is 1. The third-order valence-electron chi connectivity index (χ3n) is 4.21. The molecule has 1 aromatic carbocycles. The van der Waals surface area contributed by atoms with Crippen LogP contribution in [0.15, 0.2) is 39.5 Å². The second-order valence-corrected chi connectivity index (χ2v) is 5.73. The molecule has 2 heterocycles. The van der Waals surface area contributed by atoms with Crippen molar-refractivity contribution in [1.29, 1.82) is 0 Å². The van der Waals surface area contributed by atoms with Crippen molar-refractivity contribution in [3.63, 3.8) is 0 Å². The first-order chi connectivity index (χ1) is 11.1. The number of nitrogens with one attached hydrogen (secondary N) is 1. The molecular formula is C17H21ClN2O4. The van der Waals surface area contributed by atoms with Crippen molar-refractivity contribution in [3.05, 3.63) is 40.8 Å². The van der Waals surface area contributed by atoms with Gasteiger partial charge in [0, 0.05) is 30.6 Å². The zero-order chi connectivity index (χ0) is 16.2. The van der Waals surface area contributed by atoms with Crippen molar-refractivity contribution in [2.75, 3.05) is 26.7 Å². The van der Waals surface area contributed by atoms with Crippen molar-refractivity contribution in [1.82, 2.24) is 10.2 Å². The molecule has 1 saturated heterocycles. The lowest BCUT2D eigenvalue weighted by Crippen LogP contribution is -2.45. The minimum atomic E-state index is -0.406. The van der Waals surface area contributed by atoms with Crippen LogP contribution in [0.4, 0.5) is 0 Å². The topological polar surface area (TPSA) is 71.8 Å². The third kappa shape index (κ3) is 4.27. The van der Waals surface area contributed by atoms with Crippen molar-refractivity contribution in [2.24, 2.45) is 0 Å². The van der Waals surface area contributed by atoms with Gasteiger partial charge >= 0.3 is 5.63 Å². The zero-order valence-electron chi connectivity index (χ0n) is 13.5. The van der Waals surface area contributed by atoms with Gasteiger partial charge in [0.05, 0.1) is 0 Å². The molecule has 24 heavy (non-hydrogen) atoms. The number of halogens is 1. The number of piperidine rings is 1. The zero-order valence-corrected chi connectivity index (χ0v) is 14.3. The molecule has 0 bridgehead atoms. The van der Waals surface area contributed by atoms with Crippen LogP contribution in [0.25, 0.3) is 11.0 Å². The summed E-state index contributed by atoms with van der Waals surface area (Å²) >= 11 is 0. The number of likely N-dealkylation sites (N-methyl/N-ethyl adjacent to an activating group) is 1. The van der Waals surface area contributed by atoms with E-state index < -0.39 is 5.63 Å². The van der Waals surface area contributed by atoms with Crippen molar-refractivity contribution in [2.45, 2.75) is 18.9 Å². The highest BCUT2D eigenvalue weighted by molar-refractivity contribution is 5.85. The Morgan fingerprint density at radius 2 is 2.00 bits per heavy atom. The molecule has 0 radical (unpaired) electrons. The first kappa shape index (κ1) is 18.3. The fraction of sp³-hybridized carbons (Fsp3) is 0.412. The molecule has 1 aliphatic rings. The van der Waals surface area contributed by atoms with Crippen LogP contribution in [0.5, 0.6) is 5.75 Å². The molecule has 0 atom stereocenters. The Morgan fingerprint density at radius 1 is 1.29 bits per heavy atom. The monoisotopic (exact) mass is 352 g/mol. The lowest BCUT2D eigenvalue weighted by Gasteiger charge is -2.31. The van der Waals surface area contributed by atoms with E-state index in [0.29, 0.717) is 11.3 Å². The first-order valence-electron chi connectivity index (χ1n) is 7.76. The fourth-order valence-electron chi connectivity index (χ4n) is 2.78. The summed E-state index contributed by atoms with van der Waals surface area (Å²) in [5.41, 5.74) is 0.0468. The van der Waals surface area contributed by atoms with Gasteiger partial charge in [-0.3, -0.25) is 4.79 Å². The van der Waals surface area contributed by atoms with E-state index in [-0.39, 0.29) is 31.0 Å². The average molecular weight is 353 g/mol. The van der Waals surface area contributed by atoms with Gasteiger partial charge in [-0.05, 0) is 44.1 Å². The highest BCUT2D eigenvalue weighted by atomic mass is 35.5. The van der Waals surface area contributed by atoms with Gasteiger partial charge in [-0.2, -0.15) is 0 Å². The fourth-order valence-corrected chi connectivity index (χ4v) is 2.78. The molecule has 6 nitrogen and oxygen atoms in total.